The Bertz CT molecular complexity index is 329. The smallest absolute Gasteiger partial charge is 0.0314 e. The summed E-state index contributed by atoms with van der Waals surface area (Å²) in [5.41, 5.74) is 7.92. The van der Waals surface area contributed by atoms with Crippen molar-refractivity contribution in [1.82, 2.24) is 5.32 Å². The predicted octanol–water partition coefficient (Wildman–Crippen LogP) is 3.64. The molecule has 0 aromatic heterocycles. The van der Waals surface area contributed by atoms with Crippen LogP contribution in [0.3, 0.4) is 0 Å². The Kier molecular flexibility index (Phi) is 6.20. The Labute approximate surface area is 112 Å². The van der Waals surface area contributed by atoms with E-state index in [9.17, 15) is 0 Å². The summed E-state index contributed by atoms with van der Waals surface area (Å²) in [6.45, 7) is 11.3. The summed E-state index contributed by atoms with van der Waals surface area (Å²) < 4.78 is 0. The van der Waals surface area contributed by atoms with Crippen LogP contribution in [0.2, 0.25) is 0 Å². The highest BCUT2D eigenvalue weighted by molar-refractivity contribution is 5.40. The number of nitrogens with two attached hydrogens (primary N) is 1. The van der Waals surface area contributed by atoms with E-state index in [1.165, 1.54) is 12.0 Å². The van der Waals surface area contributed by atoms with Crippen molar-refractivity contribution in [3.8, 4) is 0 Å². The van der Waals surface area contributed by atoms with Crippen LogP contribution in [0.15, 0.2) is 24.3 Å². The average Bonchev–Trinajstić information content (AvgIpc) is 2.34. The van der Waals surface area contributed by atoms with E-state index in [2.05, 4.69) is 45.1 Å². The van der Waals surface area contributed by atoms with Gasteiger partial charge in [0.1, 0.15) is 0 Å². The molecule has 3 N–H and O–H groups in total. The van der Waals surface area contributed by atoms with E-state index in [1.807, 2.05) is 12.1 Å². The van der Waals surface area contributed by atoms with Gasteiger partial charge in [-0.1, -0.05) is 39.8 Å². The fraction of sp³-hybridized carbons (Fsp3) is 0.625. The van der Waals surface area contributed by atoms with Crippen LogP contribution in [-0.4, -0.2) is 13.1 Å². The molecule has 0 aliphatic carbocycles. The van der Waals surface area contributed by atoms with Crippen molar-refractivity contribution in [2.75, 3.05) is 18.8 Å². The zero-order chi connectivity index (χ0) is 13.5. The van der Waals surface area contributed by atoms with Crippen molar-refractivity contribution in [2.45, 2.75) is 40.0 Å². The van der Waals surface area contributed by atoms with Gasteiger partial charge in [-0.2, -0.15) is 0 Å². The molecule has 0 saturated carbocycles. The summed E-state index contributed by atoms with van der Waals surface area (Å²) in [5.74, 6) is 2.09. The third kappa shape index (κ3) is 5.09. The first-order valence-electron chi connectivity index (χ1n) is 7.07. The normalized spacial score (nSPS) is 14.7. The minimum Gasteiger partial charge on any atom is -0.399 e. The molecule has 0 spiro atoms. The third-order valence-corrected chi connectivity index (χ3v) is 3.86. The van der Waals surface area contributed by atoms with Crippen LogP contribution in [0.1, 0.15) is 45.6 Å². The highest BCUT2D eigenvalue weighted by Crippen LogP contribution is 2.19. The quantitative estimate of drug-likeness (QED) is 0.571. The molecule has 0 saturated heterocycles. The Morgan fingerprint density at radius 1 is 1.06 bits per heavy atom. The zero-order valence-electron chi connectivity index (χ0n) is 12.2. The minimum absolute atomic E-state index is 0.590. The molecule has 2 heteroatoms. The largest absolute Gasteiger partial charge is 0.399 e. The van der Waals surface area contributed by atoms with Gasteiger partial charge in [0.05, 0.1) is 0 Å². The van der Waals surface area contributed by atoms with Crippen LogP contribution in [0, 0.1) is 11.8 Å². The van der Waals surface area contributed by atoms with Crippen LogP contribution >= 0.6 is 0 Å². The van der Waals surface area contributed by atoms with E-state index < -0.39 is 0 Å². The Morgan fingerprint density at radius 2 is 1.67 bits per heavy atom. The van der Waals surface area contributed by atoms with Gasteiger partial charge in [-0.3, -0.25) is 0 Å². The fourth-order valence-electron chi connectivity index (χ4n) is 1.88. The second-order valence-corrected chi connectivity index (χ2v) is 5.78. The molecule has 1 aromatic carbocycles. The maximum atomic E-state index is 5.70. The molecule has 1 rings (SSSR count). The number of hydrogen-bond acceptors (Lipinski definition) is 2. The number of rotatable bonds is 7. The number of nitrogens with one attached hydrogen (secondary N) is 1. The molecule has 2 unspecified atom stereocenters. The molecular formula is C16H28N2. The number of nitrogen functional groups attached to an aromatic ring is 1. The lowest BCUT2D eigenvalue weighted by Crippen LogP contribution is -2.25. The second kappa shape index (κ2) is 7.42. The molecule has 0 amide bonds. The molecular weight excluding hydrogens is 220 g/mol. The predicted molar refractivity (Wildman–Crippen MR) is 80.8 cm³/mol. The van der Waals surface area contributed by atoms with E-state index in [0.29, 0.717) is 5.92 Å². The van der Waals surface area contributed by atoms with Crippen LogP contribution in [0.25, 0.3) is 0 Å². The number of benzene rings is 1. The molecule has 0 fully saturated rings. The van der Waals surface area contributed by atoms with E-state index in [0.717, 1.165) is 30.6 Å². The van der Waals surface area contributed by atoms with Crippen molar-refractivity contribution in [3.63, 3.8) is 0 Å². The summed E-state index contributed by atoms with van der Waals surface area (Å²) in [6, 6.07) is 8.24. The first kappa shape index (κ1) is 15.0. The Balaban J connectivity index is 2.25. The van der Waals surface area contributed by atoms with Crippen molar-refractivity contribution in [3.05, 3.63) is 29.8 Å². The summed E-state index contributed by atoms with van der Waals surface area (Å²) in [6.07, 6.45) is 1.18. The molecule has 0 radical (unpaired) electrons. The third-order valence-electron chi connectivity index (χ3n) is 3.86. The first-order valence-corrected chi connectivity index (χ1v) is 7.07. The minimum atomic E-state index is 0.590. The number of hydrogen-bond donors (Lipinski definition) is 2. The van der Waals surface area contributed by atoms with Crippen molar-refractivity contribution < 1.29 is 0 Å². The van der Waals surface area contributed by atoms with Gasteiger partial charge in [0.15, 0.2) is 0 Å². The highest BCUT2D eigenvalue weighted by Gasteiger charge is 2.08. The molecule has 1 aromatic rings. The Hall–Kier alpha value is -1.02. The number of anilines is 1. The van der Waals surface area contributed by atoms with Gasteiger partial charge in [0.25, 0.3) is 0 Å². The molecule has 102 valence electrons. The lowest BCUT2D eigenvalue weighted by Gasteiger charge is -2.17. The molecule has 0 aliphatic heterocycles. The van der Waals surface area contributed by atoms with Gasteiger partial charge >= 0.3 is 0 Å². The second-order valence-electron chi connectivity index (χ2n) is 5.78. The van der Waals surface area contributed by atoms with Crippen LogP contribution < -0.4 is 11.1 Å². The van der Waals surface area contributed by atoms with E-state index in [-0.39, 0.29) is 0 Å². The fourth-order valence-corrected chi connectivity index (χ4v) is 1.88. The van der Waals surface area contributed by atoms with Gasteiger partial charge in [0, 0.05) is 5.69 Å². The molecule has 0 bridgehead atoms. The molecule has 0 heterocycles. The topological polar surface area (TPSA) is 38.0 Å². The van der Waals surface area contributed by atoms with Crippen molar-refractivity contribution >= 4 is 5.69 Å². The molecule has 2 atom stereocenters. The standard InChI is InChI=1S/C16H28N2/c1-12(2)14(4)11-18-10-9-13(3)15-5-7-16(17)8-6-15/h5-8,12-14,18H,9-11,17H2,1-4H3. The van der Waals surface area contributed by atoms with E-state index in [1.54, 1.807) is 0 Å². The summed E-state index contributed by atoms with van der Waals surface area (Å²) >= 11 is 0. The van der Waals surface area contributed by atoms with Gasteiger partial charge in [-0.05, 0) is 55.0 Å². The lowest BCUT2D eigenvalue weighted by atomic mass is 9.96. The van der Waals surface area contributed by atoms with Crippen LogP contribution in [-0.2, 0) is 0 Å². The lowest BCUT2D eigenvalue weighted by molar-refractivity contribution is 0.390. The van der Waals surface area contributed by atoms with E-state index >= 15 is 0 Å². The summed E-state index contributed by atoms with van der Waals surface area (Å²) in [5, 5.41) is 3.55. The maximum absolute atomic E-state index is 5.70. The Morgan fingerprint density at radius 3 is 2.22 bits per heavy atom. The van der Waals surface area contributed by atoms with Crippen molar-refractivity contribution in [1.29, 1.82) is 0 Å². The zero-order valence-corrected chi connectivity index (χ0v) is 12.2. The summed E-state index contributed by atoms with van der Waals surface area (Å²) in [7, 11) is 0. The maximum Gasteiger partial charge on any atom is 0.0314 e. The molecule has 2 nitrogen and oxygen atoms in total. The first-order chi connectivity index (χ1) is 8.50. The monoisotopic (exact) mass is 248 g/mol. The van der Waals surface area contributed by atoms with Gasteiger partial charge in [-0.15, -0.1) is 0 Å². The van der Waals surface area contributed by atoms with E-state index in [4.69, 9.17) is 5.73 Å². The van der Waals surface area contributed by atoms with Crippen LogP contribution in [0.4, 0.5) is 5.69 Å². The van der Waals surface area contributed by atoms with Gasteiger partial charge in [-0.25, -0.2) is 0 Å². The van der Waals surface area contributed by atoms with Crippen LogP contribution in [0.5, 0.6) is 0 Å². The SMILES string of the molecule is CC(CCNCC(C)C(C)C)c1ccc(N)cc1. The average molecular weight is 248 g/mol. The molecule has 18 heavy (non-hydrogen) atoms. The molecule has 0 aliphatic rings. The van der Waals surface area contributed by atoms with Gasteiger partial charge < -0.3 is 11.1 Å². The summed E-state index contributed by atoms with van der Waals surface area (Å²) in [4.78, 5) is 0. The van der Waals surface area contributed by atoms with Crippen molar-refractivity contribution in [2.24, 2.45) is 11.8 Å². The highest BCUT2D eigenvalue weighted by atomic mass is 14.9. The van der Waals surface area contributed by atoms with Gasteiger partial charge in [0.2, 0.25) is 0 Å².